The van der Waals surface area contributed by atoms with Crippen molar-refractivity contribution in [2.24, 2.45) is 0 Å². The SMILES string of the molecule is Nc1cc(Br)ccc1C(=O)Nc1ccc(O)c(F)c1. The fourth-order valence-electron chi connectivity index (χ4n) is 1.52. The maximum atomic E-state index is 13.1. The molecule has 0 heterocycles. The molecule has 0 aliphatic carbocycles. The first-order valence-corrected chi connectivity index (χ1v) is 6.11. The standard InChI is InChI=1S/C13H10BrFN2O2/c14-7-1-3-9(11(16)5-7)13(19)17-8-2-4-12(18)10(15)6-8/h1-6,18H,16H2,(H,17,19). The fraction of sp³-hybridized carbons (Fsp3) is 0. The van der Waals surface area contributed by atoms with E-state index in [-0.39, 0.29) is 11.3 Å². The number of phenols is 1. The van der Waals surface area contributed by atoms with Crippen LogP contribution >= 0.6 is 15.9 Å². The van der Waals surface area contributed by atoms with Crippen LogP contribution in [0.5, 0.6) is 5.75 Å². The molecule has 0 radical (unpaired) electrons. The van der Waals surface area contributed by atoms with E-state index in [0.717, 1.165) is 16.6 Å². The van der Waals surface area contributed by atoms with Gasteiger partial charge < -0.3 is 16.2 Å². The Kier molecular flexibility index (Phi) is 3.71. The topological polar surface area (TPSA) is 75.4 Å². The van der Waals surface area contributed by atoms with Crippen molar-refractivity contribution in [3.05, 3.63) is 52.3 Å². The Morgan fingerprint density at radius 1 is 1.26 bits per heavy atom. The summed E-state index contributed by atoms with van der Waals surface area (Å²) in [6.07, 6.45) is 0. The van der Waals surface area contributed by atoms with E-state index in [1.54, 1.807) is 18.2 Å². The van der Waals surface area contributed by atoms with Gasteiger partial charge in [-0.25, -0.2) is 4.39 Å². The van der Waals surface area contributed by atoms with Gasteiger partial charge in [-0.2, -0.15) is 0 Å². The molecule has 1 amide bonds. The zero-order valence-corrected chi connectivity index (χ0v) is 11.2. The lowest BCUT2D eigenvalue weighted by Crippen LogP contribution is -2.14. The van der Waals surface area contributed by atoms with Crippen molar-refractivity contribution in [1.82, 2.24) is 0 Å². The molecule has 19 heavy (non-hydrogen) atoms. The van der Waals surface area contributed by atoms with Gasteiger partial charge in [0.2, 0.25) is 0 Å². The van der Waals surface area contributed by atoms with E-state index in [1.165, 1.54) is 6.07 Å². The van der Waals surface area contributed by atoms with Crippen molar-refractivity contribution in [1.29, 1.82) is 0 Å². The highest BCUT2D eigenvalue weighted by Gasteiger charge is 2.11. The average molecular weight is 325 g/mol. The summed E-state index contributed by atoms with van der Waals surface area (Å²) in [5.41, 5.74) is 6.56. The van der Waals surface area contributed by atoms with Crippen LogP contribution in [0.4, 0.5) is 15.8 Å². The first-order valence-electron chi connectivity index (χ1n) is 5.32. The van der Waals surface area contributed by atoms with E-state index in [4.69, 9.17) is 10.8 Å². The zero-order chi connectivity index (χ0) is 14.0. The minimum Gasteiger partial charge on any atom is -0.505 e. The Morgan fingerprint density at radius 3 is 2.63 bits per heavy atom. The van der Waals surface area contributed by atoms with E-state index in [9.17, 15) is 9.18 Å². The van der Waals surface area contributed by atoms with Crippen LogP contribution in [0.3, 0.4) is 0 Å². The molecule has 6 heteroatoms. The molecule has 2 rings (SSSR count). The number of aromatic hydroxyl groups is 1. The zero-order valence-electron chi connectivity index (χ0n) is 9.65. The first-order chi connectivity index (χ1) is 8.97. The quantitative estimate of drug-likeness (QED) is 0.586. The summed E-state index contributed by atoms with van der Waals surface area (Å²) in [5, 5.41) is 11.6. The van der Waals surface area contributed by atoms with Gasteiger partial charge in [0.05, 0.1) is 5.56 Å². The lowest BCUT2D eigenvalue weighted by atomic mass is 10.1. The molecule has 0 saturated carbocycles. The van der Waals surface area contributed by atoms with Crippen LogP contribution in [-0.4, -0.2) is 11.0 Å². The number of nitrogen functional groups attached to an aromatic ring is 1. The van der Waals surface area contributed by atoms with Crippen molar-refractivity contribution < 1.29 is 14.3 Å². The number of rotatable bonds is 2. The largest absolute Gasteiger partial charge is 0.505 e. The van der Waals surface area contributed by atoms with E-state index >= 15 is 0 Å². The molecule has 0 aromatic heterocycles. The predicted octanol–water partition coefficient (Wildman–Crippen LogP) is 3.13. The second-order valence-corrected chi connectivity index (χ2v) is 4.77. The Hall–Kier alpha value is -2.08. The lowest BCUT2D eigenvalue weighted by molar-refractivity contribution is 0.102. The minimum atomic E-state index is -0.804. The van der Waals surface area contributed by atoms with Gasteiger partial charge in [0.25, 0.3) is 5.91 Å². The number of nitrogens with two attached hydrogens (primary N) is 1. The average Bonchev–Trinajstić information content (AvgIpc) is 2.33. The van der Waals surface area contributed by atoms with Crippen LogP contribution in [0.15, 0.2) is 40.9 Å². The highest BCUT2D eigenvalue weighted by molar-refractivity contribution is 9.10. The van der Waals surface area contributed by atoms with Crippen LogP contribution in [-0.2, 0) is 0 Å². The van der Waals surface area contributed by atoms with Crippen LogP contribution in [0.1, 0.15) is 10.4 Å². The minimum absolute atomic E-state index is 0.239. The Bertz CT molecular complexity index is 647. The van der Waals surface area contributed by atoms with Crippen molar-refractivity contribution >= 4 is 33.2 Å². The van der Waals surface area contributed by atoms with Crippen molar-refractivity contribution in [3.63, 3.8) is 0 Å². The number of carbonyl (C=O) groups excluding carboxylic acids is 1. The van der Waals surface area contributed by atoms with Gasteiger partial charge in [-0.3, -0.25) is 4.79 Å². The van der Waals surface area contributed by atoms with E-state index in [1.807, 2.05) is 0 Å². The molecule has 4 N–H and O–H groups in total. The lowest BCUT2D eigenvalue weighted by Gasteiger charge is -2.08. The monoisotopic (exact) mass is 324 g/mol. The molecular formula is C13H10BrFN2O2. The fourth-order valence-corrected chi connectivity index (χ4v) is 1.90. The number of benzene rings is 2. The van der Waals surface area contributed by atoms with Crippen LogP contribution in [0, 0.1) is 5.82 Å². The number of amides is 1. The van der Waals surface area contributed by atoms with Gasteiger partial charge >= 0.3 is 0 Å². The second kappa shape index (κ2) is 5.27. The van der Waals surface area contributed by atoms with Crippen LogP contribution < -0.4 is 11.1 Å². The molecule has 4 nitrogen and oxygen atoms in total. The molecule has 0 atom stereocenters. The number of anilines is 2. The van der Waals surface area contributed by atoms with E-state index in [2.05, 4.69) is 21.2 Å². The summed E-state index contributed by atoms with van der Waals surface area (Å²) in [7, 11) is 0. The number of phenolic OH excluding ortho intramolecular Hbond substituents is 1. The Labute approximate surface area is 117 Å². The molecule has 0 fully saturated rings. The van der Waals surface area contributed by atoms with Crippen molar-refractivity contribution in [3.8, 4) is 5.75 Å². The van der Waals surface area contributed by atoms with Gasteiger partial charge in [0.1, 0.15) is 0 Å². The number of halogens is 2. The maximum absolute atomic E-state index is 13.1. The maximum Gasteiger partial charge on any atom is 0.257 e. The molecule has 0 aliphatic heterocycles. The molecule has 0 saturated heterocycles. The van der Waals surface area contributed by atoms with Gasteiger partial charge in [0, 0.05) is 21.9 Å². The highest BCUT2D eigenvalue weighted by atomic mass is 79.9. The first kappa shape index (κ1) is 13.4. The van der Waals surface area contributed by atoms with E-state index in [0.29, 0.717) is 5.69 Å². The third-order valence-electron chi connectivity index (χ3n) is 2.46. The molecule has 0 spiro atoms. The van der Waals surface area contributed by atoms with Crippen molar-refractivity contribution in [2.45, 2.75) is 0 Å². The third kappa shape index (κ3) is 3.03. The predicted molar refractivity (Wildman–Crippen MR) is 74.6 cm³/mol. The van der Waals surface area contributed by atoms with Crippen LogP contribution in [0.2, 0.25) is 0 Å². The molecule has 98 valence electrons. The molecular weight excluding hydrogens is 315 g/mol. The van der Waals surface area contributed by atoms with Gasteiger partial charge in [-0.05, 0) is 30.3 Å². The Balaban J connectivity index is 2.23. The van der Waals surface area contributed by atoms with Gasteiger partial charge in [0.15, 0.2) is 11.6 Å². The summed E-state index contributed by atoms with van der Waals surface area (Å²) >= 11 is 3.24. The van der Waals surface area contributed by atoms with Crippen LogP contribution in [0.25, 0.3) is 0 Å². The number of hydrogen-bond donors (Lipinski definition) is 3. The number of hydrogen-bond acceptors (Lipinski definition) is 3. The summed E-state index contributed by atoms with van der Waals surface area (Å²) in [4.78, 5) is 12.0. The summed E-state index contributed by atoms with van der Waals surface area (Å²) in [5.74, 6) is -1.72. The molecule has 2 aromatic rings. The summed E-state index contributed by atoms with van der Waals surface area (Å²) in [6.45, 7) is 0. The van der Waals surface area contributed by atoms with Crippen molar-refractivity contribution in [2.75, 3.05) is 11.1 Å². The number of carbonyl (C=O) groups is 1. The molecule has 0 bridgehead atoms. The Morgan fingerprint density at radius 2 is 2.00 bits per heavy atom. The smallest absolute Gasteiger partial charge is 0.257 e. The molecule has 0 unspecified atom stereocenters. The molecule has 0 aliphatic rings. The molecule has 2 aromatic carbocycles. The van der Waals surface area contributed by atoms with Gasteiger partial charge in [-0.15, -0.1) is 0 Å². The second-order valence-electron chi connectivity index (χ2n) is 3.85. The number of nitrogens with one attached hydrogen (secondary N) is 1. The van der Waals surface area contributed by atoms with E-state index < -0.39 is 17.5 Å². The highest BCUT2D eigenvalue weighted by Crippen LogP contribution is 2.22. The normalized spacial score (nSPS) is 10.2. The summed E-state index contributed by atoms with van der Waals surface area (Å²) in [6, 6.07) is 8.43. The summed E-state index contributed by atoms with van der Waals surface area (Å²) < 4.78 is 13.9. The third-order valence-corrected chi connectivity index (χ3v) is 2.96. The van der Waals surface area contributed by atoms with Gasteiger partial charge in [-0.1, -0.05) is 15.9 Å².